The van der Waals surface area contributed by atoms with Crippen molar-refractivity contribution in [1.29, 1.82) is 0 Å². The van der Waals surface area contributed by atoms with Crippen molar-refractivity contribution in [3.63, 3.8) is 0 Å². The van der Waals surface area contributed by atoms with Gasteiger partial charge in [-0.25, -0.2) is 0 Å². The van der Waals surface area contributed by atoms with Gasteiger partial charge in [0.05, 0.1) is 6.10 Å². The average Bonchev–Trinajstić information content (AvgIpc) is 3.23. The molecule has 1 N–H and O–H groups in total. The first-order chi connectivity index (χ1) is 11.7. The molecule has 0 bridgehead atoms. The third kappa shape index (κ3) is 4.88. The van der Waals surface area contributed by atoms with Crippen LogP contribution in [-0.2, 0) is 9.53 Å². The van der Waals surface area contributed by atoms with Crippen LogP contribution in [0.3, 0.4) is 0 Å². The van der Waals surface area contributed by atoms with E-state index in [1.807, 2.05) is 24.3 Å². The van der Waals surface area contributed by atoms with Gasteiger partial charge < -0.3 is 19.7 Å². The number of carbonyl (C=O) groups excluding carboxylic acids is 2. The molecule has 0 spiro atoms. The van der Waals surface area contributed by atoms with Gasteiger partial charge in [0.2, 0.25) is 5.91 Å². The lowest BCUT2D eigenvalue weighted by atomic mass is 10.2. The highest BCUT2D eigenvalue weighted by atomic mass is 32.2. The van der Waals surface area contributed by atoms with E-state index in [1.54, 1.807) is 4.90 Å². The summed E-state index contributed by atoms with van der Waals surface area (Å²) < 4.78 is 11.3. The SMILES string of the molecule is O=C(CCN1CCSC1=O)Nc1cccc(OCC2CCCO2)c1. The Kier molecular flexibility index (Phi) is 5.98. The van der Waals surface area contributed by atoms with E-state index in [1.165, 1.54) is 11.8 Å². The topological polar surface area (TPSA) is 67.9 Å². The molecule has 1 unspecified atom stereocenters. The number of nitrogens with one attached hydrogen (secondary N) is 1. The molecule has 7 heteroatoms. The lowest BCUT2D eigenvalue weighted by molar-refractivity contribution is -0.116. The van der Waals surface area contributed by atoms with Crippen LogP contribution in [0.5, 0.6) is 5.75 Å². The summed E-state index contributed by atoms with van der Waals surface area (Å²) in [5.41, 5.74) is 0.701. The molecule has 24 heavy (non-hydrogen) atoms. The molecule has 2 fully saturated rings. The van der Waals surface area contributed by atoms with Crippen molar-refractivity contribution in [3.8, 4) is 5.75 Å². The summed E-state index contributed by atoms with van der Waals surface area (Å²) >= 11 is 1.31. The van der Waals surface area contributed by atoms with Gasteiger partial charge >= 0.3 is 0 Å². The second-order valence-electron chi connectivity index (χ2n) is 5.87. The van der Waals surface area contributed by atoms with E-state index in [0.29, 0.717) is 25.3 Å². The number of benzene rings is 1. The number of thioether (sulfide) groups is 1. The normalized spacial score (nSPS) is 20.4. The van der Waals surface area contributed by atoms with Gasteiger partial charge in [-0.1, -0.05) is 17.8 Å². The number of ether oxygens (including phenoxy) is 2. The van der Waals surface area contributed by atoms with Crippen LogP contribution in [0, 0.1) is 0 Å². The maximum absolute atomic E-state index is 12.0. The van der Waals surface area contributed by atoms with Crippen LogP contribution in [-0.4, -0.2) is 54.2 Å². The third-order valence-electron chi connectivity index (χ3n) is 4.03. The maximum atomic E-state index is 12.0. The van der Waals surface area contributed by atoms with E-state index in [4.69, 9.17) is 9.47 Å². The summed E-state index contributed by atoms with van der Waals surface area (Å²) in [5, 5.41) is 2.92. The maximum Gasteiger partial charge on any atom is 0.281 e. The van der Waals surface area contributed by atoms with Crippen molar-refractivity contribution < 1.29 is 19.1 Å². The van der Waals surface area contributed by atoms with Crippen LogP contribution in [0.4, 0.5) is 10.5 Å². The number of hydrogen-bond donors (Lipinski definition) is 1. The largest absolute Gasteiger partial charge is 0.491 e. The quantitative estimate of drug-likeness (QED) is 0.819. The molecular formula is C17H22N2O4S. The molecule has 2 saturated heterocycles. The fourth-order valence-corrected chi connectivity index (χ4v) is 3.57. The second kappa shape index (κ2) is 8.39. The average molecular weight is 350 g/mol. The predicted molar refractivity (Wildman–Crippen MR) is 93.6 cm³/mol. The first-order valence-corrected chi connectivity index (χ1v) is 9.25. The van der Waals surface area contributed by atoms with E-state index in [2.05, 4.69) is 5.32 Å². The first kappa shape index (κ1) is 17.1. The van der Waals surface area contributed by atoms with Crippen LogP contribution in [0.15, 0.2) is 24.3 Å². The number of nitrogens with zero attached hydrogens (tertiary/aromatic N) is 1. The minimum Gasteiger partial charge on any atom is -0.491 e. The highest BCUT2D eigenvalue weighted by Gasteiger charge is 2.21. The Hall–Kier alpha value is -1.73. The summed E-state index contributed by atoms with van der Waals surface area (Å²) in [6.07, 6.45) is 2.58. The molecule has 6 nitrogen and oxygen atoms in total. The van der Waals surface area contributed by atoms with Gasteiger partial charge in [-0.05, 0) is 25.0 Å². The third-order valence-corrected chi connectivity index (χ3v) is 4.92. The Bertz CT molecular complexity index is 590. The summed E-state index contributed by atoms with van der Waals surface area (Å²) in [6.45, 7) is 2.53. The molecule has 0 aromatic heterocycles. The zero-order chi connectivity index (χ0) is 16.8. The van der Waals surface area contributed by atoms with Gasteiger partial charge in [0, 0.05) is 43.6 Å². The van der Waals surface area contributed by atoms with E-state index in [0.717, 1.165) is 37.5 Å². The Morgan fingerprint density at radius 2 is 2.38 bits per heavy atom. The highest BCUT2D eigenvalue weighted by Crippen LogP contribution is 2.20. The monoisotopic (exact) mass is 350 g/mol. The molecular weight excluding hydrogens is 328 g/mol. The Morgan fingerprint density at radius 3 is 3.12 bits per heavy atom. The first-order valence-electron chi connectivity index (χ1n) is 8.27. The molecule has 2 aliphatic heterocycles. The molecule has 1 atom stereocenters. The number of hydrogen-bond acceptors (Lipinski definition) is 5. The van der Waals surface area contributed by atoms with Gasteiger partial charge in [-0.15, -0.1) is 0 Å². The lowest BCUT2D eigenvalue weighted by Crippen LogP contribution is -2.27. The zero-order valence-corrected chi connectivity index (χ0v) is 14.3. The van der Waals surface area contributed by atoms with E-state index >= 15 is 0 Å². The molecule has 3 rings (SSSR count). The van der Waals surface area contributed by atoms with Crippen LogP contribution >= 0.6 is 11.8 Å². The second-order valence-corrected chi connectivity index (χ2v) is 6.92. The van der Waals surface area contributed by atoms with Crippen LogP contribution in [0.2, 0.25) is 0 Å². The standard InChI is InChI=1S/C17H22N2O4S/c20-16(6-7-19-8-10-24-17(19)21)18-13-3-1-4-14(11-13)23-12-15-5-2-9-22-15/h1,3-4,11,15H,2,5-10,12H2,(H,18,20). The smallest absolute Gasteiger partial charge is 0.281 e. The molecule has 1 aromatic rings. The van der Waals surface area contributed by atoms with E-state index in [-0.39, 0.29) is 17.3 Å². The molecule has 0 aliphatic carbocycles. The molecule has 2 amide bonds. The minimum absolute atomic E-state index is 0.0623. The summed E-state index contributed by atoms with van der Waals surface area (Å²) in [7, 11) is 0. The Morgan fingerprint density at radius 1 is 1.46 bits per heavy atom. The van der Waals surface area contributed by atoms with Crippen molar-refractivity contribution in [2.45, 2.75) is 25.4 Å². The van der Waals surface area contributed by atoms with Gasteiger partial charge in [0.15, 0.2) is 0 Å². The van der Waals surface area contributed by atoms with E-state index < -0.39 is 0 Å². The predicted octanol–water partition coefficient (Wildman–Crippen LogP) is 2.74. The number of rotatable bonds is 7. The van der Waals surface area contributed by atoms with Crippen LogP contribution in [0.25, 0.3) is 0 Å². The fourth-order valence-electron chi connectivity index (χ4n) is 2.72. The fraction of sp³-hybridized carbons (Fsp3) is 0.529. The minimum atomic E-state index is -0.101. The number of anilines is 1. The molecule has 0 saturated carbocycles. The molecule has 1 aromatic carbocycles. The van der Waals surface area contributed by atoms with Crippen molar-refractivity contribution in [3.05, 3.63) is 24.3 Å². The van der Waals surface area contributed by atoms with Gasteiger partial charge in [0.25, 0.3) is 5.24 Å². The molecule has 130 valence electrons. The lowest BCUT2D eigenvalue weighted by Gasteiger charge is -2.14. The van der Waals surface area contributed by atoms with Crippen molar-refractivity contribution >= 4 is 28.6 Å². The van der Waals surface area contributed by atoms with Crippen molar-refractivity contribution in [2.75, 3.05) is 37.4 Å². The van der Waals surface area contributed by atoms with Crippen molar-refractivity contribution in [1.82, 2.24) is 4.90 Å². The van der Waals surface area contributed by atoms with Crippen LogP contribution < -0.4 is 10.1 Å². The molecule has 2 heterocycles. The number of carbonyl (C=O) groups is 2. The van der Waals surface area contributed by atoms with Gasteiger partial charge in [-0.2, -0.15) is 0 Å². The summed E-state index contributed by atoms with van der Waals surface area (Å²) in [5.74, 6) is 1.43. The highest BCUT2D eigenvalue weighted by molar-refractivity contribution is 8.13. The molecule has 0 radical (unpaired) electrons. The van der Waals surface area contributed by atoms with Gasteiger partial charge in [0.1, 0.15) is 12.4 Å². The van der Waals surface area contributed by atoms with Crippen molar-refractivity contribution in [2.24, 2.45) is 0 Å². The van der Waals surface area contributed by atoms with Crippen LogP contribution in [0.1, 0.15) is 19.3 Å². The Labute approximate surface area is 145 Å². The van der Waals surface area contributed by atoms with Gasteiger partial charge in [-0.3, -0.25) is 9.59 Å². The number of amides is 2. The zero-order valence-electron chi connectivity index (χ0n) is 13.5. The summed E-state index contributed by atoms with van der Waals surface area (Å²) in [6, 6.07) is 7.35. The Balaban J connectivity index is 1.44. The summed E-state index contributed by atoms with van der Waals surface area (Å²) in [4.78, 5) is 25.3. The molecule has 2 aliphatic rings. The van der Waals surface area contributed by atoms with E-state index in [9.17, 15) is 9.59 Å².